The van der Waals surface area contributed by atoms with Crippen LogP contribution in [-0.2, 0) is 5.41 Å². The first-order valence-electron chi connectivity index (χ1n) is 23.5. The fourth-order valence-corrected chi connectivity index (χ4v) is 11.9. The number of rotatable bonds is 5. The number of furan rings is 1. The van der Waals surface area contributed by atoms with Gasteiger partial charge in [0.25, 0.3) is 0 Å². The van der Waals surface area contributed by atoms with Gasteiger partial charge in [0.05, 0.1) is 22.1 Å². The van der Waals surface area contributed by atoms with Crippen LogP contribution in [0.1, 0.15) is 22.3 Å². The first kappa shape index (κ1) is 38.0. The van der Waals surface area contributed by atoms with E-state index in [1.807, 2.05) is 30.3 Å². The molecule has 0 fully saturated rings. The Morgan fingerprint density at radius 1 is 0.348 bits per heavy atom. The Morgan fingerprint density at radius 3 is 1.67 bits per heavy atom. The molecule has 69 heavy (non-hydrogen) atoms. The summed E-state index contributed by atoms with van der Waals surface area (Å²) in [5, 5.41) is 4.52. The Hall–Kier alpha value is -9.19. The second kappa shape index (κ2) is 14.4. The van der Waals surface area contributed by atoms with Crippen molar-refractivity contribution in [2.45, 2.75) is 5.41 Å². The van der Waals surface area contributed by atoms with Crippen LogP contribution in [0.25, 0.3) is 117 Å². The summed E-state index contributed by atoms with van der Waals surface area (Å²) < 4.78 is 9.09. The Morgan fingerprint density at radius 2 is 0.913 bits per heavy atom. The Kier molecular flexibility index (Phi) is 7.93. The Bertz CT molecular complexity index is 4210. The van der Waals surface area contributed by atoms with Crippen molar-refractivity contribution < 1.29 is 4.42 Å². The van der Waals surface area contributed by atoms with Crippen molar-refractivity contribution in [2.24, 2.45) is 0 Å². The van der Waals surface area contributed by atoms with E-state index in [0.29, 0.717) is 17.5 Å². The molecule has 0 atom stereocenters. The molecule has 3 aromatic heterocycles. The lowest BCUT2D eigenvalue weighted by atomic mass is 9.70. The van der Waals surface area contributed by atoms with Gasteiger partial charge in [-0.05, 0) is 86.5 Å². The first-order chi connectivity index (χ1) is 34.2. The van der Waals surface area contributed by atoms with Crippen LogP contribution in [0.2, 0.25) is 0 Å². The predicted molar refractivity (Wildman–Crippen MR) is 279 cm³/mol. The zero-order valence-corrected chi connectivity index (χ0v) is 37.1. The van der Waals surface area contributed by atoms with E-state index in [9.17, 15) is 0 Å². The number of nitrogens with zero attached hydrogens (tertiary/aromatic N) is 4. The van der Waals surface area contributed by atoms with Gasteiger partial charge in [0.1, 0.15) is 11.2 Å². The molecule has 0 N–H and O–H groups in total. The second-order valence-electron chi connectivity index (χ2n) is 18.2. The lowest BCUT2D eigenvalue weighted by molar-refractivity contribution is 0.669. The van der Waals surface area contributed by atoms with Gasteiger partial charge in [-0.1, -0.05) is 194 Å². The normalized spacial score (nSPS) is 13.0. The first-order valence-corrected chi connectivity index (χ1v) is 23.5. The largest absolute Gasteiger partial charge is 0.456 e. The maximum absolute atomic E-state index is 6.62. The van der Waals surface area contributed by atoms with Crippen LogP contribution in [0.4, 0.5) is 0 Å². The molecular weight excluding hydrogens is 841 g/mol. The molecule has 3 heterocycles. The minimum atomic E-state index is -0.480. The number of fused-ring (bicyclic) bond motifs is 17. The van der Waals surface area contributed by atoms with Crippen LogP contribution in [0.3, 0.4) is 0 Å². The predicted octanol–water partition coefficient (Wildman–Crippen LogP) is 15.9. The molecule has 0 saturated heterocycles. The number of aromatic nitrogens is 4. The molecule has 15 rings (SSSR count). The molecule has 2 aliphatic rings. The molecule has 1 spiro atoms. The highest BCUT2D eigenvalue weighted by molar-refractivity contribution is 6.17. The van der Waals surface area contributed by atoms with Gasteiger partial charge in [-0.3, -0.25) is 0 Å². The molecule has 320 valence electrons. The number of para-hydroxylation sites is 2. The number of hydrogen-bond acceptors (Lipinski definition) is 4. The number of benzene rings is 10. The van der Waals surface area contributed by atoms with E-state index in [2.05, 4.69) is 205 Å². The SMILES string of the molecule is c1ccc(-c2nc(-c3ccc4c(c3)oc3cccc(-c5ccccc5)c34)nc(-c3ccccc3-n3c4ccccc4c4ccc5c(c43)-c3ccccc3C53c4ccccc4-c4ccccc43)n2)cc1. The molecule has 5 heteroatoms. The third kappa shape index (κ3) is 5.27. The molecular formula is C64H38N4O. The van der Waals surface area contributed by atoms with Gasteiger partial charge in [0.15, 0.2) is 17.5 Å². The minimum absolute atomic E-state index is 0.480. The van der Waals surface area contributed by atoms with Crippen molar-refractivity contribution in [1.82, 2.24) is 19.5 Å². The van der Waals surface area contributed by atoms with E-state index in [0.717, 1.165) is 66.5 Å². The van der Waals surface area contributed by atoms with E-state index < -0.39 is 5.41 Å². The maximum Gasteiger partial charge on any atom is 0.166 e. The van der Waals surface area contributed by atoms with Crippen LogP contribution in [-0.4, -0.2) is 19.5 Å². The third-order valence-corrected chi connectivity index (χ3v) is 14.7. The van der Waals surface area contributed by atoms with E-state index >= 15 is 0 Å². The van der Waals surface area contributed by atoms with Gasteiger partial charge in [-0.2, -0.15) is 0 Å². The Balaban J connectivity index is 0.980. The van der Waals surface area contributed by atoms with E-state index in [1.54, 1.807) is 0 Å². The fraction of sp³-hybridized carbons (Fsp3) is 0.0156. The lowest BCUT2D eigenvalue weighted by Gasteiger charge is -2.30. The zero-order valence-electron chi connectivity index (χ0n) is 37.1. The summed E-state index contributed by atoms with van der Waals surface area (Å²) in [6.07, 6.45) is 0. The maximum atomic E-state index is 6.62. The van der Waals surface area contributed by atoms with Gasteiger partial charge in [-0.15, -0.1) is 0 Å². The zero-order chi connectivity index (χ0) is 45.2. The summed E-state index contributed by atoms with van der Waals surface area (Å²) in [5.74, 6) is 1.75. The molecule has 10 aromatic carbocycles. The highest BCUT2D eigenvalue weighted by Gasteiger charge is 2.52. The average molecular weight is 879 g/mol. The molecule has 0 aliphatic heterocycles. The van der Waals surface area contributed by atoms with Crippen molar-refractivity contribution in [3.05, 3.63) is 253 Å². The van der Waals surface area contributed by atoms with Gasteiger partial charge in [0, 0.05) is 43.8 Å². The molecule has 13 aromatic rings. The second-order valence-corrected chi connectivity index (χ2v) is 18.2. The molecule has 0 unspecified atom stereocenters. The van der Waals surface area contributed by atoms with Gasteiger partial charge < -0.3 is 8.98 Å². The highest BCUT2D eigenvalue weighted by atomic mass is 16.3. The topological polar surface area (TPSA) is 56.7 Å². The van der Waals surface area contributed by atoms with Gasteiger partial charge in [0.2, 0.25) is 0 Å². The summed E-state index contributed by atoms with van der Waals surface area (Å²) in [5.41, 5.74) is 19.6. The van der Waals surface area contributed by atoms with Crippen LogP contribution in [0, 0.1) is 0 Å². The van der Waals surface area contributed by atoms with E-state index in [-0.39, 0.29) is 0 Å². The quantitative estimate of drug-likeness (QED) is 0.173. The van der Waals surface area contributed by atoms with Crippen molar-refractivity contribution in [1.29, 1.82) is 0 Å². The van der Waals surface area contributed by atoms with Crippen molar-refractivity contribution in [2.75, 3.05) is 0 Å². The smallest absolute Gasteiger partial charge is 0.166 e. The molecule has 0 amide bonds. The van der Waals surface area contributed by atoms with E-state index in [4.69, 9.17) is 19.4 Å². The van der Waals surface area contributed by atoms with Crippen molar-refractivity contribution >= 4 is 43.7 Å². The van der Waals surface area contributed by atoms with Crippen molar-refractivity contribution in [3.8, 4) is 73.2 Å². The van der Waals surface area contributed by atoms with Gasteiger partial charge >= 0.3 is 0 Å². The van der Waals surface area contributed by atoms with Crippen LogP contribution < -0.4 is 0 Å². The fourth-order valence-electron chi connectivity index (χ4n) is 11.9. The lowest BCUT2D eigenvalue weighted by Crippen LogP contribution is -2.25. The van der Waals surface area contributed by atoms with Crippen LogP contribution in [0.15, 0.2) is 235 Å². The van der Waals surface area contributed by atoms with Crippen LogP contribution >= 0.6 is 0 Å². The number of hydrogen-bond donors (Lipinski definition) is 0. The summed E-state index contributed by atoms with van der Waals surface area (Å²) in [6, 6.07) is 82.5. The minimum Gasteiger partial charge on any atom is -0.456 e. The molecule has 0 saturated carbocycles. The summed E-state index contributed by atoms with van der Waals surface area (Å²) in [6.45, 7) is 0. The molecule has 2 aliphatic carbocycles. The van der Waals surface area contributed by atoms with Crippen LogP contribution in [0.5, 0.6) is 0 Å². The van der Waals surface area contributed by atoms with Crippen molar-refractivity contribution in [3.63, 3.8) is 0 Å². The van der Waals surface area contributed by atoms with E-state index in [1.165, 1.54) is 55.3 Å². The molecule has 5 nitrogen and oxygen atoms in total. The molecule has 0 bridgehead atoms. The standard InChI is InChI=1S/C64H38N4O/c1-3-18-39(19-4-1)42-27-17-33-56-58(42)49-35-34-41(38-57(49)69-56)62-65-61(40-20-5-2-6-21-40)66-63(67-62)48-26-11-16-32-55(48)68-54-31-15-10-24-45(54)46-36-37-53-59(60(46)68)47-25-9-14-30-52(47)64(53)50-28-12-7-22-43(50)44-23-8-13-29-51(44)64/h1-38H. The highest BCUT2D eigenvalue weighted by Crippen LogP contribution is 2.64. The average Bonchev–Trinajstić information content (AvgIpc) is 4.15. The van der Waals surface area contributed by atoms with Gasteiger partial charge in [-0.25, -0.2) is 15.0 Å². The summed E-state index contributed by atoms with van der Waals surface area (Å²) in [4.78, 5) is 15.9. The summed E-state index contributed by atoms with van der Waals surface area (Å²) in [7, 11) is 0. The summed E-state index contributed by atoms with van der Waals surface area (Å²) >= 11 is 0. The third-order valence-electron chi connectivity index (χ3n) is 14.7. The Labute approximate surface area is 397 Å². The molecule has 0 radical (unpaired) electrons. The monoisotopic (exact) mass is 878 g/mol.